The maximum Gasteiger partial charge on any atom is 0.132 e. The van der Waals surface area contributed by atoms with Crippen molar-refractivity contribution in [2.24, 2.45) is 5.41 Å². The molecule has 0 spiro atoms. The first-order valence-electron chi connectivity index (χ1n) is 15.4. The van der Waals surface area contributed by atoms with Gasteiger partial charge in [0, 0.05) is 54.8 Å². The van der Waals surface area contributed by atoms with E-state index in [-0.39, 0.29) is 0 Å². The number of benzene rings is 2. The van der Waals surface area contributed by atoms with Crippen LogP contribution in [0.15, 0.2) is 54.9 Å². The minimum Gasteiger partial charge on any atom is -0.496 e. The summed E-state index contributed by atoms with van der Waals surface area (Å²) in [5.74, 6) is 1.76. The van der Waals surface area contributed by atoms with E-state index in [4.69, 9.17) is 9.72 Å². The van der Waals surface area contributed by atoms with E-state index in [1.165, 1.54) is 52.0 Å². The van der Waals surface area contributed by atoms with Gasteiger partial charge < -0.3 is 14.5 Å². The van der Waals surface area contributed by atoms with Crippen LogP contribution < -0.4 is 14.5 Å². The standard InChI is InChI=1S/C36H43N5O/c1-7-29-24(2)39-25(3)34(35(29)40-18-15-36(4,5)16-19-40)27-12-13-28-22-41(17-14-26(28)20-27)33-21-31(37-23-38-33)30-10-8-9-11-32(30)42-6/h8-13,20-21,23H,7,14-19,22H2,1-6H3. The first-order valence-corrected chi connectivity index (χ1v) is 15.4. The summed E-state index contributed by atoms with van der Waals surface area (Å²) in [6.07, 6.45) is 6.08. The molecule has 0 amide bonds. The lowest BCUT2D eigenvalue weighted by Crippen LogP contribution is -2.38. The fourth-order valence-electron chi connectivity index (χ4n) is 6.75. The number of nitrogens with zero attached hydrogens (tertiary/aromatic N) is 5. The third kappa shape index (κ3) is 5.35. The van der Waals surface area contributed by atoms with E-state index in [0.29, 0.717) is 5.41 Å². The lowest BCUT2D eigenvalue weighted by molar-refractivity contribution is 0.279. The summed E-state index contributed by atoms with van der Waals surface area (Å²) in [6.45, 7) is 15.4. The third-order valence-corrected chi connectivity index (χ3v) is 9.31. The molecule has 2 aromatic carbocycles. The van der Waals surface area contributed by atoms with E-state index in [1.54, 1.807) is 13.4 Å². The molecule has 1 saturated heterocycles. The Labute approximate surface area is 250 Å². The van der Waals surface area contributed by atoms with Gasteiger partial charge >= 0.3 is 0 Å². The van der Waals surface area contributed by atoms with Crippen molar-refractivity contribution >= 4 is 11.5 Å². The van der Waals surface area contributed by atoms with Crippen LogP contribution in [-0.2, 0) is 19.4 Å². The molecule has 2 aliphatic rings. The van der Waals surface area contributed by atoms with Gasteiger partial charge in [-0.05, 0) is 79.3 Å². The predicted molar refractivity (Wildman–Crippen MR) is 173 cm³/mol. The average Bonchev–Trinajstić information content (AvgIpc) is 3.00. The number of hydrogen-bond donors (Lipinski definition) is 0. The van der Waals surface area contributed by atoms with Crippen molar-refractivity contribution in [1.82, 2.24) is 15.0 Å². The molecule has 0 saturated carbocycles. The Balaban J connectivity index is 1.31. The first-order chi connectivity index (χ1) is 20.3. The number of para-hydroxylation sites is 1. The maximum absolute atomic E-state index is 5.58. The van der Waals surface area contributed by atoms with Gasteiger partial charge in [-0.2, -0.15) is 0 Å². The van der Waals surface area contributed by atoms with Gasteiger partial charge in [-0.15, -0.1) is 0 Å². The van der Waals surface area contributed by atoms with Crippen LogP contribution >= 0.6 is 0 Å². The molecule has 0 N–H and O–H groups in total. The molecule has 2 aliphatic heterocycles. The highest BCUT2D eigenvalue weighted by molar-refractivity contribution is 5.84. The van der Waals surface area contributed by atoms with Crippen LogP contribution in [0.25, 0.3) is 22.4 Å². The number of anilines is 2. The van der Waals surface area contributed by atoms with E-state index >= 15 is 0 Å². The smallest absolute Gasteiger partial charge is 0.132 e. The Bertz CT molecular complexity index is 1600. The number of pyridine rings is 1. The number of hydrogen-bond acceptors (Lipinski definition) is 6. The predicted octanol–water partition coefficient (Wildman–Crippen LogP) is 7.58. The summed E-state index contributed by atoms with van der Waals surface area (Å²) >= 11 is 0. The lowest BCUT2D eigenvalue weighted by atomic mass is 9.82. The number of ether oxygens (including phenoxy) is 1. The van der Waals surface area contributed by atoms with Crippen molar-refractivity contribution in [1.29, 1.82) is 0 Å². The molecule has 0 aliphatic carbocycles. The third-order valence-electron chi connectivity index (χ3n) is 9.31. The highest BCUT2D eigenvalue weighted by Gasteiger charge is 2.30. The molecule has 0 atom stereocenters. The van der Waals surface area contributed by atoms with Crippen LogP contribution in [0, 0.1) is 19.3 Å². The molecule has 218 valence electrons. The molecule has 0 radical (unpaired) electrons. The minimum atomic E-state index is 0.412. The number of piperidine rings is 1. The molecule has 42 heavy (non-hydrogen) atoms. The van der Waals surface area contributed by atoms with Crippen LogP contribution in [-0.4, -0.2) is 41.7 Å². The van der Waals surface area contributed by atoms with Gasteiger partial charge in [0.1, 0.15) is 17.9 Å². The lowest BCUT2D eigenvalue weighted by Gasteiger charge is -2.40. The van der Waals surface area contributed by atoms with Crippen molar-refractivity contribution in [2.45, 2.75) is 66.8 Å². The molecular weight excluding hydrogens is 518 g/mol. The Morgan fingerprint density at radius 3 is 2.43 bits per heavy atom. The first kappa shape index (κ1) is 28.2. The molecule has 2 aromatic heterocycles. The Kier molecular flexibility index (Phi) is 7.65. The second-order valence-electron chi connectivity index (χ2n) is 12.6. The van der Waals surface area contributed by atoms with Gasteiger partial charge in [-0.1, -0.05) is 51.1 Å². The molecule has 4 aromatic rings. The van der Waals surface area contributed by atoms with Crippen molar-refractivity contribution in [3.63, 3.8) is 0 Å². The molecule has 6 nitrogen and oxygen atoms in total. The summed E-state index contributed by atoms with van der Waals surface area (Å²) in [4.78, 5) is 19.3. The fourth-order valence-corrected chi connectivity index (χ4v) is 6.75. The van der Waals surface area contributed by atoms with Crippen LogP contribution in [0.4, 0.5) is 11.5 Å². The summed E-state index contributed by atoms with van der Waals surface area (Å²) in [7, 11) is 1.70. The highest BCUT2D eigenvalue weighted by atomic mass is 16.5. The van der Waals surface area contributed by atoms with Gasteiger partial charge in [-0.3, -0.25) is 4.98 Å². The van der Waals surface area contributed by atoms with Gasteiger partial charge in [0.25, 0.3) is 0 Å². The topological polar surface area (TPSA) is 54.4 Å². The van der Waals surface area contributed by atoms with Crippen LogP contribution in [0.1, 0.15) is 61.7 Å². The Morgan fingerprint density at radius 1 is 0.881 bits per heavy atom. The van der Waals surface area contributed by atoms with E-state index in [9.17, 15) is 0 Å². The molecular formula is C36H43N5O. The zero-order chi connectivity index (χ0) is 29.4. The number of methoxy groups -OCH3 is 1. The van der Waals surface area contributed by atoms with E-state index < -0.39 is 0 Å². The zero-order valence-electron chi connectivity index (χ0n) is 26.0. The summed E-state index contributed by atoms with van der Waals surface area (Å²) in [5, 5.41) is 0. The van der Waals surface area contributed by atoms with Crippen LogP contribution in [0.2, 0.25) is 0 Å². The summed E-state index contributed by atoms with van der Waals surface area (Å²) in [5.41, 5.74) is 12.8. The number of rotatable bonds is 6. The molecule has 0 bridgehead atoms. The van der Waals surface area contributed by atoms with Crippen molar-refractivity contribution in [3.05, 3.63) is 82.9 Å². The summed E-state index contributed by atoms with van der Waals surface area (Å²) in [6, 6.07) is 17.2. The Morgan fingerprint density at radius 2 is 1.67 bits per heavy atom. The monoisotopic (exact) mass is 561 g/mol. The van der Waals surface area contributed by atoms with Crippen molar-refractivity contribution < 1.29 is 4.74 Å². The van der Waals surface area contributed by atoms with Crippen molar-refractivity contribution in [2.75, 3.05) is 36.5 Å². The van der Waals surface area contributed by atoms with E-state index in [1.807, 2.05) is 24.3 Å². The summed E-state index contributed by atoms with van der Waals surface area (Å²) < 4.78 is 5.58. The van der Waals surface area contributed by atoms with Crippen LogP contribution in [0.5, 0.6) is 5.75 Å². The highest BCUT2D eigenvalue weighted by Crippen LogP contribution is 2.42. The number of fused-ring (bicyclic) bond motifs is 1. The van der Waals surface area contributed by atoms with Crippen molar-refractivity contribution in [3.8, 4) is 28.1 Å². The van der Waals surface area contributed by atoms with Gasteiger partial charge in [0.2, 0.25) is 0 Å². The zero-order valence-corrected chi connectivity index (χ0v) is 26.0. The molecule has 6 heteroatoms. The normalized spacial score (nSPS) is 16.3. The maximum atomic E-state index is 5.58. The van der Waals surface area contributed by atoms with E-state index in [2.05, 4.69) is 78.7 Å². The van der Waals surface area contributed by atoms with Gasteiger partial charge in [0.15, 0.2) is 0 Å². The largest absolute Gasteiger partial charge is 0.496 e. The second-order valence-corrected chi connectivity index (χ2v) is 12.6. The fraction of sp³-hybridized carbons (Fsp3) is 0.417. The molecule has 6 rings (SSSR count). The number of aromatic nitrogens is 3. The molecule has 0 unspecified atom stereocenters. The van der Waals surface area contributed by atoms with Crippen LogP contribution in [0.3, 0.4) is 0 Å². The van der Waals surface area contributed by atoms with Gasteiger partial charge in [-0.25, -0.2) is 9.97 Å². The van der Waals surface area contributed by atoms with Gasteiger partial charge in [0.05, 0.1) is 18.5 Å². The minimum absolute atomic E-state index is 0.412. The SMILES string of the molecule is CCc1c(C)nc(C)c(-c2ccc3c(c2)CCN(c2cc(-c4ccccc4OC)ncn2)C3)c1N1CCC(C)(C)CC1. The molecule has 1 fully saturated rings. The second kappa shape index (κ2) is 11.4. The number of aryl methyl sites for hydroxylation is 2. The Hall–Kier alpha value is -3.93. The average molecular weight is 562 g/mol. The van der Waals surface area contributed by atoms with E-state index in [0.717, 1.165) is 67.5 Å². The quantitative estimate of drug-likeness (QED) is 0.242. The molecule has 4 heterocycles.